The largest absolute Gasteiger partial charge is 0.481 e. The van der Waals surface area contributed by atoms with Gasteiger partial charge in [0.1, 0.15) is 16.4 Å². The van der Waals surface area contributed by atoms with Gasteiger partial charge in [0.15, 0.2) is 0 Å². The number of nitrogens with one attached hydrogen (secondary N) is 1. The average molecular weight is 291 g/mol. The minimum absolute atomic E-state index is 0.00723. The molecule has 0 aromatic heterocycles. The number of amides is 1. The van der Waals surface area contributed by atoms with E-state index in [-0.39, 0.29) is 37.4 Å². The Morgan fingerprint density at radius 2 is 1.95 bits per heavy atom. The van der Waals surface area contributed by atoms with Crippen LogP contribution in [0.1, 0.15) is 19.3 Å². The summed E-state index contributed by atoms with van der Waals surface area (Å²) in [6.45, 7) is 3.39. The zero-order chi connectivity index (χ0) is 14.5. The summed E-state index contributed by atoms with van der Waals surface area (Å²) in [6.07, 6.45) is 0.441. The van der Waals surface area contributed by atoms with Crippen molar-refractivity contribution in [2.45, 2.75) is 24.8 Å². The van der Waals surface area contributed by atoms with E-state index in [0.29, 0.717) is 0 Å². The molecule has 8 heteroatoms. The molecule has 0 saturated carbocycles. The number of ether oxygens (including phenoxy) is 1. The smallest absolute Gasteiger partial charge is 0.407 e. The van der Waals surface area contributed by atoms with E-state index in [1.807, 2.05) is 0 Å². The van der Waals surface area contributed by atoms with Crippen molar-refractivity contribution in [3.05, 3.63) is 12.7 Å². The predicted octanol–water partition coefficient (Wildman–Crippen LogP) is 0.321. The van der Waals surface area contributed by atoms with E-state index < -0.39 is 27.4 Å². The minimum atomic E-state index is -3.14. The molecule has 1 aliphatic rings. The molecule has 1 saturated heterocycles. The molecule has 19 heavy (non-hydrogen) atoms. The topological polar surface area (TPSA) is 110 Å². The van der Waals surface area contributed by atoms with E-state index in [1.54, 1.807) is 0 Å². The summed E-state index contributed by atoms with van der Waals surface area (Å²) in [5, 5.41) is 11.4. The zero-order valence-electron chi connectivity index (χ0n) is 10.4. The van der Waals surface area contributed by atoms with Crippen molar-refractivity contribution >= 4 is 21.9 Å². The molecular formula is C11H17NO6S. The van der Waals surface area contributed by atoms with Gasteiger partial charge in [-0.05, 0) is 12.8 Å². The van der Waals surface area contributed by atoms with Crippen LogP contribution in [0.3, 0.4) is 0 Å². The Hall–Kier alpha value is -1.57. The molecule has 1 fully saturated rings. The van der Waals surface area contributed by atoms with E-state index in [1.165, 1.54) is 6.08 Å². The number of hydrogen-bond donors (Lipinski definition) is 2. The Labute approximate surface area is 111 Å². The van der Waals surface area contributed by atoms with Crippen molar-refractivity contribution in [3.8, 4) is 0 Å². The lowest BCUT2D eigenvalue weighted by molar-refractivity contribution is -0.138. The molecule has 0 aromatic rings. The van der Waals surface area contributed by atoms with Crippen LogP contribution in [-0.4, -0.2) is 49.2 Å². The van der Waals surface area contributed by atoms with Crippen molar-refractivity contribution in [3.63, 3.8) is 0 Å². The molecule has 0 atom stereocenters. The Morgan fingerprint density at radius 1 is 1.37 bits per heavy atom. The van der Waals surface area contributed by atoms with Gasteiger partial charge in [-0.3, -0.25) is 4.79 Å². The van der Waals surface area contributed by atoms with E-state index in [0.717, 1.165) is 0 Å². The van der Waals surface area contributed by atoms with Gasteiger partial charge < -0.3 is 15.2 Å². The van der Waals surface area contributed by atoms with Crippen molar-refractivity contribution < 1.29 is 27.9 Å². The highest BCUT2D eigenvalue weighted by Gasteiger charge is 2.40. The molecule has 0 spiro atoms. The highest BCUT2D eigenvalue weighted by Crippen LogP contribution is 2.27. The van der Waals surface area contributed by atoms with Gasteiger partial charge in [0.05, 0.1) is 23.5 Å². The predicted molar refractivity (Wildman–Crippen MR) is 67.6 cm³/mol. The number of alkyl carbamates (subject to hydrolysis) is 1. The van der Waals surface area contributed by atoms with Gasteiger partial charge in [0.2, 0.25) is 0 Å². The molecule has 2 N–H and O–H groups in total. The number of carbonyl (C=O) groups excluding carboxylic acids is 1. The average Bonchev–Trinajstić information content (AvgIpc) is 2.30. The van der Waals surface area contributed by atoms with Gasteiger partial charge in [0.25, 0.3) is 0 Å². The first-order valence-corrected chi connectivity index (χ1v) is 7.59. The van der Waals surface area contributed by atoms with Crippen LogP contribution in [0.5, 0.6) is 0 Å². The standard InChI is InChI=1S/C11H17NO6S/c1-2-5-18-10(15)12-11(8-9(13)14)3-6-19(16,17)7-4-11/h2H,1,3-8H2,(H,12,15)(H,13,14). The molecule has 1 amide bonds. The van der Waals surface area contributed by atoms with Crippen LogP contribution in [0.15, 0.2) is 12.7 Å². The Bertz CT molecular complexity index is 456. The fraction of sp³-hybridized carbons (Fsp3) is 0.636. The van der Waals surface area contributed by atoms with Crippen LogP contribution in [0, 0.1) is 0 Å². The first-order chi connectivity index (χ1) is 8.79. The molecule has 1 aliphatic heterocycles. The number of carboxylic acids is 1. The minimum Gasteiger partial charge on any atom is -0.481 e. The maximum Gasteiger partial charge on any atom is 0.407 e. The fourth-order valence-electron chi connectivity index (χ4n) is 1.95. The normalized spacial score (nSPS) is 20.2. The van der Waals surface area contributed by atoms with Crippen LogP contribution in [-0.2, 0) is 19.4 Å². The summed E-state index contributed by atoms with van der Waals surface area (Å²) in [5.74, 6) is -1.37. The second-order valence-corrected chi connectivity index (χ2v) is 6.82. The number of carbonyl (C=O) groups is 2. The van der Waals surface area contributed by atoms with Gasteiger partial charge in [-0.15, -0.1) is 0 Å². The Morgan fingerprint density at radius 3 is 2.42 bits per heavy atom. The quantitative estimate of drug-likeness (QED) is 0.706. The van der Waals surface area contributed by atoms with E-state index in [4.69, 9.17) is 9.84 Å². The fourth-order valence-corrected chi connectivity index (χ4v) is 3.56. The van der Waals surface area contributed by atoms with Gasteiger partial charge in [-0.1, -0.05) is 12.7 Å². The zero-order valence-corrected chi connectivity index (χ0v) is 11.2. The monoisotopic (exact) mass is 291 g/mol. The SMILES string of the molecule is C=CCOC(=O)NC1(CC(=O)O)CCS(=O)(=O)CC1. The van der Waals surface area contributed by atoms with E-state index in [2.05, 4.69) is 11.9 Å². The summed E-state index contributed by atoms with van der Waals surface area (Å²) in [5.41, 5.74) is -1.06. The van der Waals surface area contributed by atoms with Crippen LogP contribution in [0.25, 0.3) is 0 Å². The molecule has 108 valence electrons. The highest BCUT2D eigenvalue weighted by molar-refractivity contribution is 7.91. The second-order valence-electron chi connectivity index (χ2n) is 4.51. The molecule has 0 radical (unpaired) electrons. The van der Waals surface area contributed by atoms with E-state index >= 15 is 0 Å². The summed E-state index contributed by atoms with van der Waals surface area (Å²) < 4.78 is 27.5. The first kappa shape index (κ1) is 15.5. The Balaban J connectivity index is 2.74. The van der Waals surface area contributed by atoms with Crippen LogP contribution >= 0.6 is 0 Å². The van der Waals surface area contributed by atoms with Gasteiger partial charge in [0, 0.05) is 0 Å². The summed E-state index contributed by atoms with van der Waals surface area (Å²) in [4.78, 5) is 22.4. The summed E-state index contributed by atoms with van der Waals surface area (Å²) >= 11 is 0. The third-order valence-electron chi connectivity index (χ3n) is 2.97. The molecule has 0 unspecified atom stereocenters. The van der Waals surface area contributed by atoms with E-state index in [9.17, 15) is 18.0 Å². The second kappa shape index (κ2) is 6.05. The lowest BCUT2D eigenvalue weighted by atomic mass is 9.88. The number of sulfone groups is 1. The third-order valence-corrected chi connectivity index (χ3v) is 4.62. The van der Waals surface area contributed by atoms with Crippen molar-refractivity contribution in [1.82, 2.24) is 5.32 Å². The first-order valence-electron chi connectivity index (χ1n) is 5.77. The maximum absolute atomic E-state index is 11.5. The number of rotatable bonds is 5. The molecular weight excluding hydrogens is 274 g/mol. The van der Waals surface area contributed by atoms with Crippen LogP contribution < -0.4 is 5.32 Å². The molecule has 0 aliphatic carbocycles. The lowest BCUT2D eigenvalue weighted by Crippen LogP contribution is -2.54. The number of carboxylic acid groups (broad SMARTS) is 1. The van der Waals surface area contributed by atoms with Crippen molar-refractivity contribution in [1.29, 1.82) is 0 Å². The summed E-state index contributed by atoms with van der Waals surface area (Å²) in [7, 11) is -3.14. The maximum atomic E-state index is 11.5. The molecule has 0 bridgehead atoms. The van der Waals surface area contributed by atoms with Gasteiger partial charge >= 0.3 is 12.1 Å². The Kier molecular flexibility index (Phi) is 4.93. The lowest BCUT2D eigenvalue weighted by Gasteiger charge is -2.36. The van der Waals surface area contributed by atoms with Crippen molar-refractivity contribution in [2.24, 2.45) is 0 Å². The van der Waals surface area contributed by atoms with Crippen LogP contribution in [0.4, 0.5) is 4.79 Å². The number of aliphatic carboxylic acids is 1. The van der Waals surface area contributed by atoms with Gasteiger partial charge in [-0.2, -0.15) is 0 Å². The van der Waals surface area contributed by atoms with Gasteiger partial charge in [-0.25, -0.2) is 13.2 Å². The molecule has 7 nitrogen and oxygen atoms in total. The number of hydrogen-bond acceptors (Lipinski definition) is 5. The van der Waals surface area contributed by atoms with Crippen LogP contribution in [0.2, 0.25) is 0 Å². The third kappa shape index (κ3) is 4.90. The molecule has 0 aromatic carbocycles. The molecule has 1 rings (SSSR count). The highest BCUT2D eigenvalue weighted by atomic mass is 32.2. The van der Waals surface area contributed by atoms with Crippen molar-refractivity contribution in [2.75, 3.05) is 18.1 Å². The summed E-state index contributed by atoms with van der Waals surface area (Å²) in [6, 6.07) is 0. The molecule has 1 heterocycles.